The van der Waals surface area contributed by atoms with Crippen LogP contribution in [0.5, 0.6) is 0 Å². The summed E-state index contributed by atoms with van der Waals surface area (Å²) in [7, 11) is -3.14. The van der Waals surface area contributed by atoms with Crippen LogP contribution in [0, 0.1) is 6.92 Å². The zero-order chi connectivity index (χ0) is 15.5. The Bertz CT molecular complexity index is 691. The van der Waals surface area contributed by atoms with Crippen molar-refractivity contribution in [2.45, 2.75) is 31.2 Å². The first-order valence-electron chi connectivity index (χ1n) is 6.84. The van der Waals surface area contributed by atoms with Gasteiger partial charge in [-0.15, -0.1) is 11.3 Å². The molecule has 0 aliphatic rings. The molecule has 6 heteroatoms. The maximum atomic E-state index is 11.5. The van der Waals surface area contributed by atoms with E-state index in [0.717, 1.165) is 29.2 Å². The van der Waals surface area contributed by atoms with Crippen molar-refractivity contribution < 1.29 is 8.42 Å². The van der Waals surface area contributed by atoms with Crippen molar-refractivity contribution >= 4 is 21.2 Å². The quantitative estimate of drug-likeness (QED) is 0.887. The Morgan fingerprint density at radius 2 is 1.95 bits per heavy atom. The highest BCUT2D eigenvalue weighted by molar-refractivity contribution is 7.90. The molecule has 0 saturated heterocycles. The molecule has 1 heterocycles. The molecule has 0 spiro atoms. The van der Waals surface area contributed by atoms with E-state index in [1.165, 1.54) is 6.26 Å². The van der Waals surface area contributed by atoms with Gasteiger partial charge in [-0.05, 0) is 31.2 Å². The molecule has 0 amide bonds. The fraction of sp³-hybridized carbons (Fsp3) is 0.400. The molecule has 0 radical (unpaired) electrons. The molecule has 1 aromatic heterocycles. The second kappa shape index (κ2) is 6.68. The third kappa shape index (κ3) is 4.36. The average molecular weight is 324 g/mol. The predicted molar refractivity (Wildman–Crippen MR) is 86.5 cm³/mol. The van der Waals surface area contributed by atoms with Crippen molar-refractivity contribution in [3.8, 4) is 0 Å². The van der Waals surface area contributed by atoms with Crippen molar-refractivity contribution in [3.05, 3.63) is 45.9 Å². The topological polar surface area (TPSA) is 59.1 Å². The Morgan fingerprint density at radius 3 is 2.43 bits per heavy atom. The molecule has 21 heavy (non-hydrogen) atoms. The highest BCUT2D eigenvalue weighted by Crippen LogP contribution is 2.21. The Labute approximate surface area is 130 Å². The number of rotatable bonds is 6. The third-order valence-electron chi connectivity index (χ3n) is 3.24. The minimum atomic E-state index is -3.14. The standard InChI is InChI=1S/C15H20N2O2S2/c1-4-16-15(9-13-10-20-11(2)17-13)12-5-7-14(8-6-12)21(3,18)19/h5-8,10,15-16H,4,9H2,1-3H3. The van der Waals surface area contributed by atoms with Crippen LogP contribution in [0.4, 0.5) is 0 Å². The molecule has 2 aromatic rings. The zero-order valence-electron chi connectivity index (χ0n) is 12.5. The zero-order valence-corrected chi connectivity index (χ0v) is 14.1. The summed E-state index contributed by atoms with van der Waals surface area (Å²) in [6.07, 6.45) is 2.03. The number of thiazole rings is 1. The monoisotopic (exact) mass is 324 g/mol. The van der Waals surface area contributed by atoms with E-state index < -0.39 is 9.84 Å². The molecule has 0 bridgehead atoms. The normalized spacial score (nSPS) is 13.3. The van der Waals surface area contributed by atoms with Gasteiger partial charge in [0.1, 0.15) is 0 Å². The molecule has 1 atom stereocenters. The number of nitrogens with one attached hydrogen (secondary N) is 1. The summed E-state index contributed by atoms with van der Waals surface area (Å²) in [4.78, 5) is 4.85. The Balaban J connectivity index is 2.21. The number of aryl methyl sites for hydroxylation is 1. The molecule has 0 aliphatic carbocycles. The summed E-state index contributed by atoms with van der Waals surface area (Å²) < 4.78 is 23.0. The molecule has 114 valence electrons. The SMILES string of the molecule is CCNC(Cc1csc(C)n1)c1ccc(S(C)(=O)=O)cc1. The number of hydrogen-bond acceptors (Lipinski definition) is 5. The Hall–Kier alpha value is -1.24. The van der Waals surface area contributed by atoms with Gasteiger partial charge < -0.3 is 5.32 Å². The van der Waals surface area contributed by atoms with Gasteiger partial charge >= 0.3 is 0 Å². The first kappa shape index (κ1) is 16.1. The van der Waals surface area contributed by atoms with Gasteiger partial charge in [0.2, 0.25) is 0 Å². The molecule has 1 N–H and O–H groups in total. The van der Waals surface area contributed by atoms with E-state index in [1.807, 2.05) is 19.1 Å². The second-order valence-corrected chi connectivity index (χ2v) is 8.09. The van der Waals surface area contributed by atoms with E-state index in [2.05, 4.69) is 22.6 Å². The average Bonchev–Trinajstić information content (AvgIpc) is 2.83. The molecule has 4 nitrogen and oxygen atoms in total. The van der Waals surface area contributed by atoms with Crippen molar-refractivity contribution in [1.29, 1.82) is 0 Å². The van der Waals surface area contributed by atoms with E-state index >= 15 is 0 Å². The van der Waals surface area contributed by atoms with E-state index in [9.17, 15) is 8.42 Å². The van der Waals surface area contributed by atoms with Crippen molar-refractivity contribution in [2.24, 2.45) is 0 Å². The van der Waals surface area contributed by atoms with Crippen molar-refractivity contribution in [1.82, 2.24) is 10.3 Å². The van der Waals surface area contributed by atoms with Crippen LogP contribution < -0.4 is 5.32 Å². The molecule has 0 fully saturated rings. The number of aromatic nitrogens is 1. The lowest BCUT2D eigenvalue weighted by Crippen LogP contribution is -2.23. The number of hydrogen-bond donors (Lipinski definition) is 1. The van der Waals surface area contributed by atoms with Gasteiger partial charge in [0, 0.05) is 24.1 Å². The van der Waals surface area contributed by atoms with Crippen LogP contribution in [0.25, 0.3) is 0 Å². The van der Waals surface area contributed by atoms with Crippen LogP contribution in [0.15, 0.2) is 34.5 Å². The number of sulfone groups is 1. The molecule has 1 unspecified atom stereocenters. The lowest BCUT2D eigenvalue weighted by atomic mass is 10.0. The Kier molecular flexibility index (Phi) is 5.13. The van der Waals surface area contributed by atoms with Crippen LogP contribution in [0.2, 0.25) is 0 Å². The minimum Gasteiger partial charge on any atom is -0.310 e. The van der Waals surface area contributed by atoms with E-state index in [0.29, 0.717) is 4.90 Å². The first-order chi connectivity index (χ1) is 9.90. The summed E-state index contributed by atoms with van der Waals surface area (Å²) in [5.74, 6) is 0. The van der Waals surface area contributed by atoms with Crippen LogP contribution in [-0.2, 0) is 16.3 Å². The van der Waals surface area contributed by atoms with Crippen molar-refractivity contribution in [2.75, 3.05) is 12.8 Å². The van der Waals surface area contributed by atoms with E-state index in [1.54, 1.807) is 23.5 Å². The molecule has 0 aliphatic heterocycles. The Morgan fingerprint density at radius 1 is 1.29 bits per heavy atom. The maximum absolute atomic E-state index is 11.5. The first-order valence-corrected chi connectivity index (χ1v) is 9.61. The van der Waals surface area contributed by atoms with Crippen LogP contribution in [0.3, 0.4) is 0 Å². The van der Waals surface area contributed by atoms with Gasteiger partial charge in [0.25, 0.3) is 0 Å². The number of likely N-dealkylation sites (N-methyl/N-ethyl adjacent to an activating group) is 1. The van der Waals surface area contributed by atoms with Gasteiger partial charge in [-0.2, -0.15) is 0 Å². The van der Waals surface area contributed by atoms with Crippen LogP contribution in [0.1, 0.15) is 29.2 Å². The summed E-state index contributed by atoms with van der Waals surface area (Å²) in [5.41, 5.74) is 2.14. The fourth-order valence-corrected chi connectivity index (χ4v) is 3.47. The predicted octanol–water partition coefficient (Wildman–Crippen LogP) is 2.75. The van der Waals surface area contributed by atoms with E-state index in [4.69, 9.17) is 0 Å². The third-order valence-corrected chi connectivity index (χ3v) is 5.19. The maximum Gasteiger partial charge on any atom is 0.175 e. The molecular formula is C15H20N2O2S2. The lowest BCUT2D eigenvalue weighted by Gasteiger charge is -2.17. The van der Waals surface area contributed by atoms with E-state index in [-0.39, 0.29) is 6.04 Å². The fourth-order valence-electron chi connectivity index (χ4n) is 2.21. The van der Waals surface area contributed by atoms with Crippen molar-refractivity contribution in [3.63, 3.8) is 0 Å². The summed E-state index contributed by atoms with van der Waals surface area (Å²) in [5, 5.41) is 6.57. The van der Waals surface area contributed by atoms with Gasteiger partial charge in [-0.1, -0.05) is 19.1 Å². The minimum absolute atomic E-state index is 0.144. The molecule has 0 saturated carbocycles. The summed E-state index contributed by atoms with van der Waals surface area (Å²) >= 11 is 1.65. The molecule has 1 aromatic carbocycles. The highest BCUT2D eigenvalue weighted by Gasteiger charge is 2.14. The summed E-state index contributed by atoms with van der Waals surface area (Å²) in [6.45, 7) is 4.91. The molecule has 2 rings (SSSR count). The van der Waals surface area contributed by atoms with Crippen LogP contribution >= 0.6 is 11.3 Å². The number of benzene rings is 1. The summed E-state index contributed by atoms with van der Waals surface area (Å²) in [6, 6.07) is 7.24. The number of nitrogens with zero attached hydrogens (tertiary/aromatic N) is 1. The van der Waals surface area contributed by atoms with Gasteiger partial charge in [-0.3, -0.25) is 0 Å². The van der Waals surface area contributed by atoms with Gasteiger partial charge in [0.15, 0.2) is 9.84 Å². The van der Waals surface area contributed by atoms with Gasteiger partial charge in [0.05, 0.1) is 15.6 Å². The smallest absolute Gasteiger partial charge is 0.175 e. The second-order valence-electron chi connectivity index (χ2n) is 5.01. The van der Waals surface area contributed by atoms with Gasteiger partial charge in [-0.25, -0.2) is 13.4 Å². The highest BCUT2D eigenvalue weighted by atomic mass is 32.2. The lowest BCUT2D eigenvalue weighted by molar-refractivity contribution is 0.544. The largest absolute Gasteiger partial charge is 0.310 e. The molecular weight excluding hydrogens is 304 g/mol. The van der Waals surface area contributed by atoms with Crippen LogP contribution in [-0.4, -0.2) is 26.2 Å².